The van der Waals surface area contributed by atoms with Crippen LogP contribution in [0, 0.1) is 27.7 Å². The van der Waals surface area contributed by atoms with E-state index < -0.39 is 0 Å². The van der Waals surface area contributed by atoms with Crippen LogP contribution < -0.4 is 10.1 Å². The largest absolute Gasteiger partial charge is 0.496 e. The van der Waals surface area contributed by atoms with Crippen molar-refractivity contribution in [1.82, 2.24) is 15.3 Å². The quantitative estimate of drug-likeness (QED) is 0.712. The molecule has 3 rings (SSSR count). The third kappa shape index (κ3) is 4.01. The van der Waals surface area contributed by atoms with E-state index in [4.69, 9.17) is 4.74 Å². The van der Waals surface area contributed by atoms with Gasteiger partial charge in [0.15, 0.2) is 0 Å². The normalized spacial score (nSPS) is 10.7. The molecule has 5 nitrogen and oxygen atoms in total. The van der Waals surface area contributed by atoms with Gasteiger partial charge >= 0.3 is 0 Å². The number of nitrogens with one attached hydrogen (secondary N) is 1. The average Bonchev–Trinajstić information content (AvgIpc) is 3.11. The van der Waals surface area contributed by atoms with Crippen molar-refractivity contribution in [2.45, 2.75) is 34.2 Å². The van der Waals surface area contributed by atoms with Crippen LogP contribution in [0.1, 0.15) is 38.4 Å². The molecule has 0 bridgehead atoms. The molecule has 2 aromatic heterocycles. The minimum Gasteiger partial charge on any atom is -0.496 e. The van der Waals surface area contributed by atoms with E-state index >= 15 is 0 Å². The SMILES string of the molecule is COc1c(C)cnc(CNC(=O)c2csc(-c3ccc(C)cc3C)n2)c1C. The average molecular weight is 382 g/mol. The third-order valence-corrected chi connectivity index (χ3v) is 5.39. The molecule has 0 saturated heterocycles. The molecule has 3 aromatic rings. The molecular weight excluding hydrogens is 358 g/mol. The number of amides is 1. The second-order valence-corrected chi connectivity index (χ2v) is 7.44. The number of nitrogens with zero attached hydrogens (tertiary/aromatic N) is 2. The Kier molecular flexibility index (Phi) is 5.56. The second kappa shape index (κ2) is 7.88. The van der Waals surface area contributed by atoms with Gasteiger partial charge in [0, 0.05) is 28.3 Å². The van der Waals surface area contributed by atoms with E-state index in [1.807, 2.05) is 13.8 Å². The smallest absolute Gasteiger partial charge is 0.271 e. The molecule has 1 amide bonds. The number of aryl methyl sites for hydroxylation is 3. The third-order valence-electron chi connectivity index (χ3n) is 4.52. The van der Waals surface area contributed by atoms with Gasteiger partial charge in [0.1, 0.15) is 16.5 Å². The van der Waals surface area contributed by atoms with E-state index in [2.05, 4.69) is 47.3 Å². The summed E-state index contributed by atoms with van der Waals surface area (Å²) in [5.41, 5.74) is 6.55. The Morgan fingerprint density at radius 2 is 1.96 bits per heavy atom. The maximum absolute atomic E-state index is 12.5. The topological polar surface area (TPSA) is 64.1 Å². The summed E-state index contributed by atoms with van der Waals surface area (Å²) in [5, 5.41) is 5.55. The number of carbonyl (C=O) groups is 1. The second-order valence-electron chi connectivity index (χ2n) is 6.59. The maximum Gasteiger partial charge on any atom is 0.271 e. The number of benzene rings is 1. The van der Waals surface area contributed by atoms with Crippen LogP contribution in [0.3, 0.4) is 0 Å². The van der Waals surface area contributed by atoms with Crippen LogP contribution in [0.25, 0.3) is 10.6 Å². The Bertz CT molecular complexity index is 995. The standard InChI is InChI=1S/C21H23N3O2S/c1-12-6-7-16(13(2)8-12)21-24-18(11-27-21)20(25)23-10-17-15(4)19(26-5)14(3)9-22-17/h6-9,11H,10H2,1-5H3,(H,23,25). The molecule has 1 N–H and O–H groups in total. The van der Waals surface area contributed by atoms with Crippen LogP contribution in [0.2, 0.25) is 0 Å². The van der Waals surface area contributed by atoms with Gasteiger partial charge in [-0.1, -0.05) is 23.8 Å². The van der Waals surface area contributed by atoms with Crippen LogP contribution >= 0.6 is 11.3 Å². The zero-order valence-electron chi connectivity index (χ0n) is 16.2. The van der Waals surface area contributed by atoms with Gasteiger partial charge in [0.05, 0.1) is 19.3 Å². The zero-order chi connectivity index (χ0) is 19.6. The van der Waals surface area contributed by atoms with Gasteiger partial charge < -0.3 is 10.1 Å². The summed E-state index contributed by atoms with van der Waals surface area (Å²) < 4.78 is 5.42. The first-order chi connectivity index (χ1) is 12.9. The molecule has 1 aromatic carbocycles. The lowest BCUT2D eigenvalue weighted by molar-refractivity contribution is 0.0946. The molecule has 2 heterocycles. The number of aromatic nitrogens is 2. The van der Waals surface area contributed by atoms with Gasteiger partial charge in [-0.05, 0) is 33.3 Å². The number of carbonyl (C=O) groups excluding carboxylic acids is 1. The molecule has 0 saturated carbocycles. The number of hydrogen-bond acceptors (Lipinski definition) is 5. The monoisotopic (exact) mass is 381 g/mol. The predicted molar refractivity (Wildman–Crippen MR) is 108 cm³/mol. The fraction of sp³-hybridized carbons (Fsp3) is 0.286. The lowest BCUT2D eigenvalue weighted by Crippen LogP contribution is -2.24. The Labute approximate surface area is 163 Å². The van der Waals surface area contributed by atoms with E-state index in [1.165, 1.54) is 16.9 Å². The lowest BCUT2D eigenvalue weighted by Gasteiger charge is -2.12. The van der Waals surface area contributed by atoms with Crippen molar-refractivity contribution in [2.24, 2.45) is 0 Å². The van der Waals surface area contributed by atoms with Crippen LogP contribution in [-0.4, -0.2) is 23.0 Å². The molecule has 0 aliphatic carbocycles. The van der Waals surface area contributed by atoms with Gasteiger partial charge in [-0.2, -0.15) is 0 Å². The van der Waals surface area contributed by atoms with Crippen molar-refractivity contribution in [1.29, 1.82) is 0 Å². The van der Waals surface area contributed by atoms with E-state index in [9.17, 15) is 4.79 Å². The number of rotatable bonds is 5. The molecule has 0 unspecified atom stereocenters. The first-order valence-corrected chi connectivity index (χ1v) is 9.59. The Morgan fingerprint density at radius 3 is 2.67 bits per heavy atom. The molecule has 0 fully saturated rings. The zero-order valence-corrected chi connectivity index (χ0v) is 17.0. The lowest BCUT2D eigenvalue weighted by atomic mass is 10.1. The fourth-order valence-corrected chi connectivity index (χ4v) is 3.95. The number of hydrogen-bond donors (Lipinski definition) is 1. The molecule has 0 radical (unpaired) electrons. The van der Waals surface area contributed by atoms with Crippen LogP contribution in [0.15, 0.2) is 29.8 Å². The number of thiazole rings is 1. The fourth-order valence-electron chi connectivity index (χ4n) is 3.06. The van der Waals surface area contributed by atoms with E-state index in [0.29, 0.717) is 12.2 Å². The molecule has 0 spiro atoms. The van der Waals surface area contributed by atoms with Crippen molar-refractivity contribution < 1.29 is 9.53 Å². The first kappa shape index (κ1) is 19.0. The first-order valence-electron chi connectivity index (χ1n) is 8.71. The minimum atomic E-state index is -0.206. The van der Waals surface area contributed by atoms with E-state index in [1.54, 1.807) is 18.7 Å². The molecule has 0 atom stereocenters. The van der Waals surface area contributed by atoms with Crippen molar-refractivity contribution in [2.75, 3.05) is 7.11 Å². The number of ether oxygens (including phenoxy) is 1. The molecule has 140 valence electrons. The van der Waals surface area contributed by atoms with Crippen molar-refractivity contribution in [3.05, 3.63) is 63.4 Å². The molecule has 6 heteroatoms. The van der Waals surface area contributed by atoms with E-state index in [0.717, 1.165) is 38.7 Å². The Morgan fingerprint density at radius 1 is 1.19 bits per heavy atom. The molecule has 0 aliphatic rings. The summed E-state index contributed by atoms with van der Waals surface area (Å²) in [6.07, 6.45) is 1.76. The highest BCUT2D eigenvalue weighted by molar-refractivity contribution is 7.13. The van der Waals surface area contributed by atoms with Gasteiger partial charge in [0.2, 0.25) is 0 Å². The molecule has 0 aliphatic heterocycles. The highest BCUT2D eigenvalue weighted by Crippen LogP contribution is 2.28. The summed E-state index contributed by atoms with van der Waals surface area (Å²) in [4.78, 5) is 21.4. The summed E-state index contributed by atoms with van der Waals surface area (Å²) in [7, 11) is 1.64. The molecular formula is C21H23N3O2S. The van der Waals surface area contributed by atoms with Crippen molar-refractivity contribution in [3.63, 3.8) is 0 Å². The van der Waals surface area contributed by atoms with E-state index in [-0.39, 0.29) is 5.91 Å². The number of methoxy groups -OCH3 is 1. The van der Waals surface area contributed by atoms with Crippen molar-refractivity contribution in [3.8, 4) is 16.3 Å². The van der Waals surface area contributed by atoms with Crippen LogP contribution in [0.5, 0.6) is 5.75 Å². The number of pyridine rings is 1. The van der Waals surface area contributed by atoms with Crippen LogP contribution in [-0.2, 0) is 6.54 Å². The highest BCUT2D eigenvalue weighted by atomic mass is 32.1. The van der Waals surface area contributed by atoms with Gasteiger partial charge in [0.25, 0.3) is 5.91 Å². The van der Waals surface area contributed by atoms with Gasteiger partial charge in [-0.3, -0.25) is 9.78 Å². The van der Waals surface area contributed by atoms with Gasteiger partial charge in [-0.15, -0.1) is 11.3 Å². The van der Waals surface area contributed by atoms with Gasteiger partial charge in [-0.25, -0.2) is 4.98 Å². The van der Waals surface area contributed by atoms with Crippen molar-refractivity contribution >= 4 is 17.2 Å². The summed E-state index contributed by atoms with van der Waals surface area (Å²) in [6, 6.07) is 6.23. The Balaban J connectivity index is 1.74. The summed E-state index contributed by atoms with van der Waals surface area (Å²) in [5.74, 6) is 0.600. The maximum atomic E-state index is 12.5. The predicted octanol–water partition coefficient (Wildman–Crippen LogP) is 4.38. The summed E-state index contributed by atoms with van der Waals surface area (Å²) in [6.45, 7) is 8.35. The summed E-state index contributed by atoms with van der Waals surface area (Å²) >= 11 is 1.48. The van der Waals surface area contributed by atoms with Crippen LogP contribution in [0.4, 0.5) is 0 Å². The highest BCUT2D eigenvalue weighted by Gasteiger charge is 2.15. The Hall–Kier alpha value is -2.73. The minimum absolute atomic E-state index is 0.206. The molecule has 27 heavy (non-hydrogen) atoms.